The van der Waals surface area contributed by atoms with Crippen molar-refractivity contribution in [3.8, 4) is 11.8 Å². The fraction of sp³-hybridized carbons (Fsp3) is 0.920. The summed E-state index contributed by atoms with van der Waals surface area (Å²) in [6.07, 6.45) is 13.3. The van der Waals surface area contributed by atoms with Gasteiger partial charge in [0.05, 0.1) is 11.7 Å². The van der Waals surface area contributed by atoms with Gasteiger partial charge in [-0.05, 0) is 106 Å². The molecule has 4 rings (SSSR count). The SMILES string of the molecule is CC#CCCC1(OC)CC[C@H]2[C@@H]3CCC4CC(O)CC[C@]4(C)[C@@H]3CC[C@@]21C. The van der Waals surface area contributed by atoms with Gasteiger partial charge in [0.15, 0.2) is 0 Å². The molecule has 8 atom stereocenters. The van der Waals surface area contributed by atoms with Crippen LogP contribution in [0.3, 0.4) is 0 Å². The first-order chi connectivity index (χ1) is 12.9. The molecule has 4 saturated carbocycles. The van der Waals surface area contributed by atoms with Gasteiger partial charge in [0.2, 0.25) is 0 Å². The number of rotatable bonds is 3. The summed E-state index contributed by atoms with van der Waals surface area (Å²) in [7, 11) is 1.96. The Morgan fingerprint density at radius 1 is 1.00 bits per heavy atom. The minimum atomic E-state index is -0.0409. The Morgan fingerprint density at radius 2 is 1.78 bits per heavy atom. The maximum Gasteiger partial charge on any atom is 0.0744 e. The number of aliphatic hydroxyl groups is 1. The van der Waals surface area contributed by atoms with Crippen LogP contribution >= 0.6 is 0 Å². The summed E-state index contributed by atoms with van der Waals surface area (Å²) in [5.41, 5.74) is 0.818. The zero-order chi connectivity index (χ0) is 19.3. The van der Waals surface area contributed by atoms with Gasteiger partial charge in [-0.1, -0.05) is 13.8 Å². The molecule has 0 heterocycles. The molecule has 0 bridgehead atoms. The fourth-order valence-electron chi connectivity index (χ4n) is 8.57. The summed E-state index contributed by atoms with van der Waals surface area (Å²) in [5.74, 6) is 9.67. The van der Waals surface area contributed by atoms with Gasteiger partial charge < -0.3 is 9.84 Å². The van der Waals surface area contributed by atoms with Crippen LogP contribution in [-0.4, -0.2) is 23.9 Å². The zero-order valence-corrected chi connectivity index (χ0v) is 18.0. The van der Waals surface area contributed by atoms with Crippen LogP contribution in [0, 0.1) is 46.3 Å². The first kappa shape index (κ1) is 19.8. The van der Waals surface area contributed by atoms with E-state index in [-0.39, 0.29) is 11.7 Å². The summed E-state index contributed by atoms with van der Waals surface area (Å²) in [5, 5.41) is 10.2. The van der Waals surface area contributed by atoms with Crippen molar-refractivity contribution in [2.75, 3.05) is 7.11 Å². The van der Waals surface area contributed by atoms with Gasteiger partial charge in [-0.25, -0.2) is 0 Å². The standard InChI is InChI=1S/C25H40O2/c1-5-6-7-13-25(27-4)16-12-22-20-9-8-18-17-19(26)10-14-23(18,2)21(20)11-15-24(22,25)3/h18-22,26H,7-17H2,1-4H3/t18?,19?,20-,21-,22+,23+,24+,25?/m1/s1. The molecule has 2 heteroatoms. The van der Waals surface area contributed by atoms with Crippen LogP contribution in [0.1, 0.15) is 91.4 Å². The van der Waals surface area contributed by atoms with Crippen molar-refractivity contribution in [1.29, 1.82) is 0 Å². The van der Waals surface area contributed by atoms with Crippen LogP contribution in [0.4, 0.5) is 0 Å². The Morgan fingerprint density at radius 3 is 2.52 bits per heavy atom. The second-order valence-corrected chi connectivity index (χ2v) is 10.7. The van der Waals surface area contributed by atoms with Crippen molar-refractivity contribution in [3.63, 3.8) is 0 Å². The molecule has 0 aromatic heterocycles. The number of hydrogen-bond donors (Lipinski definition) is 1. The molecule has 0 saturated heterocycles. The highest BCUT2D eigenvalue weighted by Gasteiger charge is 2.64. The molecule has 0 spiro atoms. The normalized spacial score (nSPS) is 51.5. The highest BCUT2D eigenvalue weighted by Crippen LogP contribution is 2.69. The van der Waals surface area contributed by atoms with Gasteiger partial charge in [0.25, 0.3) is 0 Å². The van der Waals surface area contributed by atoms with Crippen molar-refractivity contribution >= 4 is 0 Å². The van der Waals surface area contributed by atoms with E-state index < -0.39 is 0 Å². The lowest BCUT2D eigenvalue weighted by molar-refractivity contribution is -0.169. The summed E-state index contributed by atoms with van der Waals surface area (Å²) in [6.45, 7) is 7.09. The molecule has 0 aliphatic heterocycles. The number of methoxy groups -OCH3 is 1. The molecule has 3 unspecified atom stereocenters. The third kappa shape index (κ3) is 2.83. The quantitative estimate of drug-likeness (QED) is 0.655. The number of aliphatic hydroxyl groups excluding tert-OH is 1. The average molecular weight is 373 g/mol. The fourth-order valence-corrected chi connectivity index (χ4v) is 8.57. The minimum Gasteiger partial charge on any atom is -0.393 e. The molecular formula is C25H40O2. The first-order valence-electron chi connectivity index (χ1n) is 11.5. The van der Waals surface area contributed by atoms with Gasteiger partial charge in [-0.3, -0.25) is 0 Å². The van der Waals surface area contributed by atoms with Crippen molar-refractivity contribution < 1.29 is 9.84 Å². The Balaban J connectivity index is 1.59. The molecule has 4 aliphatic carbocycles. The van der Waals surface area contributed by atoms with Gasteiger partial charge in [0.1, 0.15) is 0 Å². The maximum absolute atomic E-state index is 10.2. The zero-order valence-electron chi connectivity index (χ0n) is 18.0. The van der Waals surface area contributed by atoms with Crippen molar-refractivity contribution in [2.24, 2.45) is 34.5 Å². The molecular weight excluding hydrogens is 332 g/mol. The van der Waals surface area contributed by atoms with Gasteiger partial charge in [-0.15, -0.1) is 11.8 Å². The summed E-state index contributed by atoms with van der Waals surface area (Å²) < 4.78 is 6.34. The van der Waals surface area contributed by atoms with Crippen LogP contribution in [0.25, 0.3) is 0 Å². The lowest BCUT2D eigenvalue weighted by Gasteiger charge is -2.62. The molecule has 0 aromatic carbocycles. The summed E-state index contributed by atoms with van der Waals surface area (Å²) in [6, 6.07) is 0. The minimum absolute atomic E-state index is 0.0347. The summed E-state index contributed by atoms with van der Waals surface area (Å²) >= 11 is 0. The van der Waals surface area contributed by atoms with Gasteiger partial charge in [-0.2, -0.15) is 0 Å². The topological polar surface area (TPSA) is 29.5 Å². The molecule has 0 amide bonds. The molecule has 27 heavy (non-hydrogen) atoms. The highest BCUT2D eigenvalue weighted by atomic mass is 16.5. The summed E-state index contributed by atoms with van der Waals surface area (Å²) in [4.78, 5) is 0. The van der Waals surface area contributed by atoms with E-state index in [1.807, 2.05) is 14.0 Å². The van der Waals surface area contributed by atoms with Crippen molar-refractivity contribution in [2.45, 2.75) is 103 Å². The third-order valence-electron chi connectivity index (χ3n) is 10.1. The number of fused-ring (bicyclic) bond motifs is 5. The molecule has 1 N–H and O–H groups in total. The van der Waals surface area contributed by atoms with Crippen LogP contribution in [0.2, 0.25) is 0 Å². The first-order valence-corrected chi connectivity index (χ1v) is 11.5. The van der Waals surface area contributed by atoms with Crippen LogP contribution < -0.4 is 0 Å². The van der Waals surface area contributed by atoms with E-state index in [9.17, 15) is 5.11 Å². The van der Waals surface area contributed by atoms with Crippen LogP contribution in [0.15, 0.2) is 0 Å². The Kier molecular flexibility index (Phi) is 5.18. The Hall–Kier alpha value is -0.520. The van der Waals surface area contributed by atoms with Crippen molar-refractivity contribution in [1.82, 2.24) is 0 Å². The maximum atomic E-state index is 10.2. The highest BCUT2D eigenvalue weighted by molar-refractivity contribution is 5.15. The second kappa shape index (κ2) is 7.07. The molecule has 4 aliphatic rings. The molecule has 0 aromatic rings. The molecule has 2 nitrogen and oxygen atoms in total. The third-order valence-corrected chi connectivity index (χ3v) is 10.1. The van der Waals surface area contributed by atoms with E-state index >= 15 is 0 Å². The lowest BCUT2D eigenvalue weighted by atomic mass is 9.44. The van der Waals surface area contributed by atoms with E-state index in [0.29, 0.717) is 10.8 Å². The van der Waals surface area contributed by atoms with Gasteiger partial charge in [0, 0.05) is 13.5 Å². The van der Waals surface area contributed by atoms with Crippen LogP contribution in [-0.2, 0) is 4.74 Å². The van der Waals surface area contributed by atoms with E-state index in [2.05, 4.69) is 25.7 Å². The largest absolute Gasteiger partial charge is 0.393 e. The molecule has 0 radical (unpaired) electrons. The predicted molar refractivity (Wildman–Crippen MR) is 110 cm³/mol. The van der Waals surface area contributed by atoms with Crippen LogP contribution in [0.5, 0.6) is 0 Å². The Bertz CT molecular complexity index is 618. The van der Waals surface area contributed by atoms with Crippen molar-refractivity contribution in [3.05, 3.63) is 0 Å². The predicted octanol–water partition coefficient (Wildman–Crippen LogP) is 5.58. The smallest absolute Gasteiger partial charge is 0.0744 e. The van der Waals surface area contributed by atoms with E-state index in [1.165, 1.54) is 44.9 Å². The average Bonchev–Trinajstić information content (AvgIpc) is 2.95. The number of ether oxygens (including phenoxy) is 1. The molecule has 152 valence electrons. The lowest BCUT2D eigenvalue weighted by Crippen LogP contribution is -2.57. The van der Waals surface area contributed by atoms with Gasteiger partial charge >= 0.3 is 0 Å². The molecule has 4 fully saturated rings. The Labute approximate surface area is 166 Å². The second-order valence-electron chi connectivity index (χ2n) is 10.7. The van der Waals surface area contributed by atoms with E-state index in [0.717, 1.165) is 49.4 Å². The monoisotopic (exact) mass is 372 g/mol. The number of hydrogen-bond acceptors (Lipinski definition) is 2. The van der Waals surface area contributed by atoms with E-state index in [1.54, 1.807) is 0 Å². The van der Waals surface area contributed by atoms with E-state index in [4.69, 9.17) is 4.74 Å².